The van der Waals surface area contributed by atoms with Crippen LogP contribution in [0.3, 0.4) is 0 Å². The second-order valence-electron chi connectivity index (χ2n) is 5.11. The molecule has 116 valence electrons. The van der Waals surface area contributed by atoms with Crippen LogP contribution in [0.5, 0.6) is 0 Å². The molecule has 0 aliphatic rings. The summed E-state index contributed by atoms with van der Waals surface area (Å²) in [6, 6.07) is 14.1. The van der Waals surface area contributed by atoms with Crippen LogP contribution in [0.2, 0.25) is 0 Å². The summed E-state index contributed by atoms with van der Waals surface area (Å²) < 4.78 is 2.17. The lowest BCUT2D eigenvalue weighted by molar-refractivity contribution is 0.621. The van der Waals surface area contributed by atoms with E-state index in [9.17, 15) is 0 Å². The summed E-state index contributed by atoms with van der Waals surface area (Å²) in [6.07, 6.45) is 1.00. The van der Waals surface area contributed by atoms with E-state index in [4.69, 9.17) is 5.26 Å². The fourth-order valence-corrected chi connectivity index (χ4v) is 3.89. The lowest BCUT2D eigenvalue weighted by Crippen LogP contribution is -2.04. The van der Waals surface area contributed by atoms with Gasteiger partial charge in [-0.15, -0.1) is 21.5 Å². The number of thioether (sulfide) groups is 1. The minimum absolute atomic E-state index is 0.689. The first-order valence-corrected chi connectivity index (χ1v) is 9.17. The molecule has 0 radical (unpaired) electrons. The second-order valence-corrected chi connectivity index (χ2v) is 7.08. The van der Waals surface area contributed by atoms with Crippen molar-refractivity contribution in [3.63, 3.8) is 0 Å². The molecule has 0 unspecified atom stereocenters. The van der Waals surface area contributed by atoms with Gasteiger partial charge in [-0.25, -0.2) is 0 Å². The van der Waals surface area contributed by atoms with E-state index in [0.29, 0.717) is 5.56 Å². The molecule has 0 aliphatic carbocycles. The Morgan fingerprint density at radius 2 is 2.04 bits per heavy atom. The third-order valence-corrected chi connectivity index (χ3v) is 5.49. The molecule has 3 rings (SSSR count). The summed E-state index contributed by atoms with van der Waals surface area (Å²) in [7, 11) is 0. The highest BCUT2D eigenvalue weighted by atomic mass is 32.2. The Kier molecular flexibility index (Phi) is 5.11. The highest BCUT2D eigenvalue weighted by Crippen LogP contribution is 2.23. The lowest BCUT2D eigenvalue weighted by atomic mass is 10.2. The SMILES string of the molecule is Cc1nnc(SCc2ccc(C#N)cc2)n1CCc1cccs1. The van der Waals surface area contributed by atoms with E-state index in [2.05, 4.69) is 38.3 Å². The standard InChI is InChI=1S/C17H16N4S2/c1-13-19-20-17(21(13)9-8-16-3-2-10-22-16)23-12-15-6-4-14(11-18)5-7-15/h2-7,10H,8-9,12H2,1H3. The highest BCUT2D eigenvalue weighted by molar-refractivity contribution is 7.98. The molecule has 0 N–H and O–H groups in total. The molecule has 2 heterocycles. The van der Waals surface area contributed by atoms with Crippen LogP contribution in [0.4, 0.5) is 0 Å². The van der Waals surface area contributed by atoms with Crippen molar-refractivity contribution in [3.8, 4) is 6.07 Å². The Morgan fingerprint density at radius 3 is 2.74 bits per heavy atom. The van der Waals surface area contributed by atoms with E-state index in [1.807, 2.05) is 31.2 Å². The first kappa shape index (κ1) is 15.8. The van der Waals surface area contributed by atoms with Crippen LogP contribution in [0.15, 0.2) is 46.9 Å². The molecule has 0 spiro atoms. The van der Waals surface area contributed by atoms with Gasteiger partial charge in [-0.1, -0.05) is 30.0 Å². The molecule has 0 aliphatic heterocycles. The largest absolute Gasteiger partial charge is 0.306 e. The van der Waals surface area contributed by atoms with Gasteiger partial charge in [0.05, 0.1) is 11.6 Å². The molecule has 2 aromatic heterocycles. The minimum atomic E-state index is 0.689. The summed E-state index contributed by atoms with van der Waals surface area (Å²) in [5, 5.41) is 20.4. The zero-order chi connectivity index (χ0) is 16.1. The van der Waals surface area contributed by atoms with E-state index in [-0.39, 0.29) is 0 Å². The monoisotopic (exact) mass is 340 g/mol. The number of benzene rings is 1. The normalized spacial score (nSPS) is 10.6. The lowest BCUT2D eigenvalue weighted by Gasteiger charge is -2.07. The van der Waals surface area contributed by atoms with Gasteiger partial charge < -0.3 is 4.57 Å². The number of aryl methyl sites for hydroxylation is 2. The van der Waals surface area contributed by atoms with Crippen molar-refractivity contribution in [1.82, 2.24) is 14.8 Å². The van der Waals surface area contributed by atoms with Crippen LogP contribution >= 0.6 is 23.1 Å². The van der Waals surface area contributed by atoms with Crippen LogP contribution in [-0.4, -0.2) is 14.8 Å². The molecule has 0 amide bonds. The molecule has 0 saturated heterocycles. The third kappa shape index (κ3) is 4.01. The molecule has 0 bridgehead atoms. The van der Waals surface area contributed by atoms with E-state index in [0.717, 1.165) is 29.7 Å². The van der Waals surface area contributed by atoms with Gasteiger partial charge in [0.15, 0.2) is 5.16 Å². The van der Waals surface area contributed by atoms with Crippen molar-refractivity contribution in [2.24, 2.45) is 0 Å². The number of rotatable bonds is 6. The summed E-state index contributed by atoms with van der Waals surface area (Å²) in [5.41, 5.74) is 1.87. The molecule has 0 saturated carbocycles. The fraction of sp³-hybridized carbons (Fsp3) is 0.235. The summed E-state index contributed by atoms with van der Waals surface area (Å²) in [4.78, 5) is 1.38. The Hall–Kier alpha value is -2.10. The summed E-state index contributed by atoms with van der Waals surface area (Å²) in [6.45, 7) is 2.89. The molecule has 4 nitrogen and oxygen atoms in total. The number of hydrogen-bond donors (Lipinski definition) is 0. The molecule has 1 aromatic carbocycles. The maximum Gasteiger partial charge on any atom is 0.191 e. The van der Waals surface area contributed by atoms with Gasteiger partial charge in [-0.3, -0.25) is 0 Å². The minimum Gasteiger partial charge on any atom is -0.306 e. The number of thiophene rings is 1. The Bertz CT molecular complexity index is 798. The maximum absolute atomic E-state index is 8.84. The van der Waals surface area contributed by atoms with Gasteiger partial charge in [0, 0.05) is 17.2 Å². The van der Waals surface area contributed by atoms with Crippen LogP contribution in [-0.2, 0) is 18.7 Å². The number of hydrogen-bond acceptors (Lipinski definition) is 5. The molecule has 3 aromatic rings. The highest BCUT2D eigenvalue weighted by Gasteiger charge is 2.10. The first-order chi connectivity index (χ1) is 11.3. The second kappa shape index (κ2) is 7.44. The Labute approximate surface area is 143 Å². The van der Waals surface area contributed by atoms with E-state index >= 15 is 0 Å². The maximum atomic E-state index is 8.84. The molecular weight excluding hydrogens is 324 g/mol. The molecule has 6 heteroatoms. The Morgan fingerprint density at radius 1 is 1.22 bits per heavy atom. The van der Waals surface area contributed by atoms with Crippen LogP contribution < -0.4 is 0 Å². The van der Waals surface area contributed by atoms with Crippen LogP contribution in [0, 0.1) is 18.3 Å². The number of nitrogens with zero attached hydrogens (tertiary/aromatic N) is 4. The van der Waals surface area contributed by atoms with Crippen molar-refractivity contribution in [2.45, 2.75) is 30.8 Å². The van der Waals surface area contributed by atoms with Crippen molar-refractivity contribution in [2.75, 3.05) is 0 Å². The first-order valence-electron chi connectivity index (χ1n) is 7.30. The molecule has 0 fully saturated rings. The number of nitriles is 1. The van der Waals surface area contributed by atoms with Crippen molar-refractivity contribution in [3.05, 3.63) is 63.6 Å². The van der Waals surface area contributed by atoms with E-state index < -0.39 is 0 Å². The topological polar surface area (TPSA) is 54.5 Å². The number of aromatic nitrogens is 3. The van der Waals surface area contributed by atoms with Gasteiger partial charge in [-0.05, 0) is 42.5 Å². The Balaban J connectivity index is 1.64. The van der Waals surface area contributed by atoms with Crippen molar-refractivity contribution in [1.29, 1.82) is 5.26 Å². The van der Waals surface area contributed by atoms with E-state index in [1.165, 1.54) is 10.4 Å². The third-order valence-electron chi connectivity index (χ3n) is 3.51. The van der Waals surface area contributed by atoms with Gasteiger partial charge in [-0.2, -0.15) is 5.26 Å². The molecule has 0 atom stereocenters. The van der Waals surface area contributed by atoms with Gasteiger partial charge >= 0.3 is 0 Å². The van der Waals surface area contributed by atoms with Gasteiger partial charge in [0.25, 0.3) is 0 Å². The van der Waals surface area contributed by atoms with Gasteiger partial charge in [0.2, 0.25) is 0 Å². The zero-order valence-electron chi connectivity index (χ0n) is 12.8. The van der Waals surface area contributed by atoms with Crippen molar-refractivity contribution >= 4 is 23.1 Å². The predicted octanol–water partition coefficient (Wildman–Crippen LogP) is 4.05. The van der Waals surface area contributed by atoms with Crippen LogP contribution in [0.1, 0.15) is 21.8 Å². The molecule has 23 heavy (non-hydrogen) atoms. The zero-order valence-corrected chi connectivity index (χ0v) is 14.4. The predicted molar refractivity (Wildman–Crippen MR) is 93.5 cm³/mol. The fourth-order valence-electron chi connectivity index (χ4n) is 2.23. The average Bonchev–Trinajstić information content (AvgIpc) is 3.21. The summed E-state index contributed by atoms with van der Waals surface area (Å²) in [5.74, 6) is 1.77. The quantitative estimate of drug-likeness (QED) is 0.635. The van der Waals surface area contributed by atoms with Crippen molar-refractivity contribution < 1.29 is 0 Å². The van der Waals surface area contributed by atoms with Crippen LogP contribution in [0.25, 0.3) is 0 Å². The smallest absolute Gasteiger partial charge is 0.191 e. The summed E-state index contributed by atoms with van der Waals surface area (Å²) >= 11 is 3.46. The van der Waals surface area contributed by atoms with E-state index in [1.54, 1.807) is 23.1 Å². The molecular formula is C17H16N4S2. The van der Waals surface area contributed by atoms with Gasteiger partial charge in [0.1, 0.15) is 5.82 Å². The average molecular weight is 340 g/mol.